The molecule has 1 aliphatic heterocycles. The fourth-order valence-electron chi connectivity index (χ4n) is 2.89. The summed E-state index contributed by atoms with van der Waals surface area (Å²) < 4.78 is 21.1. The molecule has 0 aliphatic carbocycles. The molecule has 1 amide bonds. The first-order valence-electron chi connectivity index (χ1n) is 9.22. The number of nitrogens with zero attached hydrogens (tertiary/aromatic N) is 1. The van der Waals surface area contributed by atoms with Crippen LogP contribution in [0, 0.1) is 0 Å². The minimum Gasteiger partial charge on any atom is -0.507 e. The Morgan fingerprint density at radius 3 is 2.55 bits per heavy atom. The molecule has 3 rings (SSSR count). The molecule has 154 valence electrons. The predicted octanol–water partition coefficient (Wildman–Crippen LogP) is 2.38. The van der Waals surface area contributed by atoms with Crippen molar-refractivity contribution in [3.8, 4) is 23.0 Å². The minimum absolute atomic E-state index is 0.0338. The van der Waals surface area contributed by atoms with Gasteiger partial charge in [-0.1, -0.05) is 6.07 Å². The molecule has 1 aliphatic rings. The summed E-state index contributed by atoms with van der Waals surface area (Å²) >= 11 is 0. The third kappa shape index (κ3) is 4.90. The van der Waals surface area contributed by atoms with Crippen LogP contribution in [0.5, 0.6) is 23.0 Å². The van der Waals surface area contributed by atoms with Gasteiger partial charge in [0.25, 0.3) is 5.91 Å². The number of fused-ring (bicyclic) bond motifs is 1. The van der Waals surface area contributed by atoms with Crippen molar-refractivity contribution < 1.29 is 33.6 Å². The van der Waals surface area contributed by atoms with E-state index >= 15 is 0 Å². The molecule has 8 heteroatoms. The summed E-state index contributed by atoms with van der Waals surface area (Å²) in [5, 5.41) is 9.91. The lowest BCUT2D eigenvalue weighted by molar-refractivity contribution is -0.135. The van der Waals surface area contributed by atoms with E-state index in [1.807, 2.05) is 25.1 Å². The first-order valence-corrected chi connectivity index (χ1v) is 9.22. The molecule has 0 unspecified atom stereocenters. The van der Waals surface area contributed by atoms with Gasteiger partial charge in [0.1, 0.15) is 30.3 Å². The SMILES string of the molecule is CCN(Cc1ccc2c(c1)OCCO2)C(=O)COC(=O)c1ccc(OC)cc1O. The van der Waals surface area contributed by atoms with E-state index in [0.29, 0.717) is 43.6 Å². The van der Waals surface area contributed by atoms with E-state index < -0.39 is 12.6 Å². The monoisotopic (exact) mass is 401 g/mol. The van der Waals surface area contributed by atoms with Gasteiger partial charge in [0, 0.05) is 19.2 Å². The summed E-state index contributed by atoms with van der Waals surface area (Å²) in [7, 11) is 1.45. The van der Waals surface area contributed by atoms with Gasteiger partial charge in [0.05, 0.1) is 7.11 Å². The molecule has 2 aromatic carbocycles. The fourth-order valence-corrected chi connectivity index (χ4v) is 2.89. The fraction of sp³-hybridized carbons (Fsp3) is 0.333. The maximum absolute atomic E-state index is 12.5. The van der Waals surface area contributed by atoms with Crippen LogP contribution < -0.4 is 14.2 Å². The minimum atomic E-state index is -0.783. The number of esters is 1. The summed E-state index contributed by atoms with van der Waals surface area (Å²) in [6, 6.07) is 9.73. The molecule has 0 saturated carbocycles. The van der Waals surface area contributed by atoms with Crippen molar-refractivity contribution in [1.82, 2.24) is 4.90 Å². The van der Waals surface area contributed by atoms with Gasteiger partial charge in [-0.25, -0.2) is 4.79 Å². The van der Waals surface area contributed by atoms with E-state index in [2.05, 4.69) is 0 Å². The number of methoxy groups -OCH3 is 1. The van der Waals surface area contributed by atoms with Gasteiger partial charge in [-0.05, 0) is 36.8 Å². The summed E-state index contributed by atoms with van der Waals surface area (Å²) in [5.41, 5.74) is 0.844. The number of carbonyl (C=O) groups is 2. The second kappa shape index (κ2) is 9.18. The summed E-state index contributed by atoms with van der Waals surface area (Å²) in [6.07, 6.45) is 0. The van der Waals surface area contributed by atoms with Crippen molar-refractivity contribution in [3.63, 3.8) is 0 Å². The van der Waals surface area contributed by atoms with Gasteiger partial charge in [0.2, 0.25) is 0 Å². The van der Waals surface area contributed by atoms with Crippen molar-refractivity contribution in [2.75, 3.05) is 33.5 Å². The van der Waals surface area contributed by atoms with Crippen molar-refractivity contribution in [3.05, 3.63) is 47.5 Å². The van der Waals surface area contributed by atoms with Gasteiger partial charge in [-0.3, -0.25) is 4.79 Å². The smallest absolute Gasteiger partial charge is 0.342 e. The van der Waals surface area contributed by atoms with Crippen LogP contribution in [0.3, 0.4) is 0 Å². The summed E-state index contributed by atoms with van der Waals surface area (Å²) in [5.74, 6) is 0.344. The van der Waals surface area contributed by atoms with E-state index in [4.69, 9.17) is 18.9 Å². The highest BCUT2D eigenvalue weighted by Gasteiger charge is 2.19. The molecular formula is C21H23NO7. The molecule has 2 aromatic rings. The number of carbonyl (C=O) groups excluding carboxylic acids is 2. The van der Waals surface area contributed by atoms with Crippen LogP contribution >= 0.6 is 0 Å². The molecule has 0 radical (unpaired) electrons. The molecule has 0 atom stereocenters. The number of benzene rings is 2. The Morgan fingerprint density at radius 2 is 1.86 bits per heavy atom. The highest BCUT2D eigenvalue weighted by atomic mass is 16.6. The Hall–Kier alpha value is -3.42. The number of rotatable bonds is 7. The van der Waals surface area contributed by atoms with E-state index in [1.165, 1.54) is 25.3 Å². The number of hydrogen-bond donors (Lipinski definition) is 1. The van der Waals surface area contributed by atoms with Crippen LogP contribution in [0.15, 0.2) is 36.4 Å². The number of ether oxygens (including phenoxy) is 4. The van der Waals surface area contributed by atoms with Gasteiger partial charge < -0.3 is 29.0 Å². The van der Waals surface area contributed by atoms with Crippen LogP contribution in [0.25, 0.3) is 0 Å². The van der Waals surface area contributed by atoms with Gasteiger partial charge in [-0.15, -0.1) is 0 Å². The first kappa shape index (κ1) is 20.3. The maximum Gasteiger partial charge on any atom is 0.342 e. The van der Waals surface area contributed by atoms with Crippen molar-refractivity contribution in [2.45, 2.75) is 13.5 Å². The lowest BCUT2D eigenvalue weighted by Crippen LogP contribution is -2.34. The second-order valence-corrected chi connectivity index (χ2v) is 6.35. The third-order valence-corrected chi connectivity index (χ3v) is 4.47. The van der Waals surface area contributed by atoms with Crippen molar-refractivity contribution in [2.24, 2.45) is 0 Å². The zero-order chi connectivity index (χ0) is 20.8. The van der Waals surface area contributed by atoms with Gasteiger partial charge in [0.15, 0.2) is 18.1 Å². The average molecular weight is 401 g/mol. The van der Waals surface area contributed by atoms with Crippen molar-refractivity contribution >= 4 is 11.9 Å². The second-order valence-electron chi connectivity index (χ2n) is 6.35. The summed E-state index contributed by atoms with van der Waals surface area (Å²) in [6.45, 7) is 3.20. The number of phenolic OH excluding ortho intramolecular Hbond substituents is 1. The molecule has 1 N–H and O–H groups in total. The first-order chi connectivity index (χ1) is 14.0. The Labute approximate surface area is 168 Å². The van der Waals surface area contributed by atoms with E-state index in [0.717, 1.165) is 5.56 Å². The number of aromatic hydroxyl groups is 1. The standard InChI is InChI=1S/C21H23NO7/c1-3-22(12-14-4-7-18-19(10-14)28-9-8-27-18)20(24)13-29-21(25)16-6-5-15(26-2)11-17(16)23/h4-7,10-11,23H,3,8-9,12-13H2,1-2H3. The molecule has 1 heterocycles. The third-order valence-electron chi connectivity index (χ3n) is 4.47. The number of hydrogen-bond acceptors (Lipinski definition) is 7. The van der Waals surface area contributed by atoms with Crippen molar-refractivity contribution in [1.29, 1.82) is 0 Å². The Bertz CT molecular complexity index is 897. The van der Waals surface area contributed by atoms with E-state index in [1.54, 1.807) is 4.90 Å². The number of phenols is 1. The van der Waals surface area contributed by atoms with E-state index in [9.17, 15) is 14.7 Å². The van der Waals surface area contributed by atoms with Crippen LogP contribution in [-0.2, 0) is 16.1 Å². The van der Waals surface area contributed by atoms with Gasteiger partial charge >= 0.3 is 5.97 Å². The Morgan fingerprint density at radius 1 is 1.10 bits per heavy atom. The van der Waals surface area contributed by atoms with Crippen LogP contribution in [0.4, 0.5) is 0 Å². The normalized spacial score (nSPS) is 12.2. The zero-order valence-electron chi connectivity index (χ0n) is 16.3. The highest BCUT2D eigenvalue weighted by Crippen LogP contribution is 2.31. The molecule has 0 aromatic heterocycles. The average Bonchev–Trinajstić information content (AvgIpc) is 2.75. The predicted molar refractivity (Wildman–Crippen MR) is 103 cm³/mol. The molecule has 0 saturated heterocycles. The lowest BCUT2D eigenvalue weighted by atomic mass is 10.1. The number of likely N-dealkylation sites (N-methyl/N-ethyl adjacent to an activating group) is 1. The van der Waals surface area contributed by atoms with Crippen LogP contribution in [0.1, 0.15) is 22.8 Å². The summed E-state index contributed by atoms with van der Waals surface area (Å²) in [4.78, 5) is 26.2. The Kier molecular flexibility index (Phi) is 6.43. The molecule has 0 fully saturated rings. The van der Waals surface area contributed by atoms with E-state index in [-0.39, 0.29) is 17.2 Å². The highest BCUT2D eigenvalue weighted by molar-refractivity contribution is 5.94. The molecule has 0 spiro atoms. The maximum atomic E-state index is 12.5. The quantitative estimate of drug-likeness (QED) is 0.712. The van der Waals surface area contributed by atoms with Gasteiger partial charge in [-0.2, -0.15) is 0 Å². The van der Waals surface area contributed by atoms with Crippen LogP contribution in [-0.4, -0.2) is 55.4 Å². The largest absolute Gasteiger partial charge is 0.507 e. The molecular weight excluding hydrogens is 378 g/mol. The van der Waals surface area contributed by atoms with Crippen LogP contribution in [0.2, 0.25) is 0 Å². The molecule has 8 nitrogen and oxygen atoms in total. The lowest BCUT2D eigenvalue weighted by Gasteiger charge is -2.23. The Balaban J connectivity index is 1.59. The molecule has 0 bridgehead atoms. The topological polar surface area (TPSA) is 94.5 Å². The zero-order valence-corrected chi connectivity index (χ0v) is 16.3. The number of amides is 1. The molecule has 29 heavy (non-hydrogen) atoms.